The summed E-state index contributed by atoms with van der Waals surface area (Å²) in [6.07, 6.45) is 2.55. The molecule has 0 bridgehead atoms. The molecule has 2 N–H and O–H groups in total. The molecule has 27 heavy (non-hydrogen) atoms. The first-order valence-electron chi connectivity index (χ1n) is 7.51. The molecule has 3 aromatic rings. The average molecular weight is 397 g/mol. The number of halogens is 4. The number of alkyl halides is 2. The number of methoxy groups -OCH3 is 1. The SMILES string of the molecule is COc1cnc2ccc(C(F)(F)C(=O)NNc3ncc(Cl)cc3F)cc2c1. The molecule has 0 saturated carbocycles. The van der Waals surface area contributed by atoms with Crippen LogP contribution in [0.25, 0.3) is 10.9 Å². The van der Waals surface area contributed by atoms with Crippen molar-refractivity contribution in [3.05, 3.63) is 59.1 Å². The second-order valence-electron chi connectivity index (χ2n) is 5.42. The number of fused-ring (bicyclic) bond motifs is 1. The lowest BCUT2D eigenvalue weighted by atomic mass is 10.0. The highest BCUT2D eigenvalue weighted by Gasteiger charge is 2.41. The molecule has 2 heterocycles. The zero-order valence-corrected chi connectivity index (χ0v) is 14.5. The number of amides is 1. The number of nitrogens with zero attached hydrogens (tertiary/aromatic N) is 2. The predicted molar refractivity (Wildman–Crippen MR) is 93.2 cm³/mol. The Morgan fingerprint density at radius 1 is 1.19 bits per heavy atom. The lowest BCUT2D eigenvalue weighted by Gasteiger charge is -2.17. The van der Waals surface area contributed by atoms with Crippen LogP contribution in [0.1, 0.15) is 5.56 Å². The number of carbonyl (C=O) groups excluding carboxylic acids is 1. The van der Waals surface area contributed by atoms with Crippen LogP contribution in [-0.2, 0) is 10.7 Å². The molecule has 3 rings (SSSR count). The van der Waals surface area contributed by atoms with Crippen LogP contribution in [0.2, 0.25) is 5.02 Å². The summed E-state index contributed by atoms with van der Waals surface area (Å²) in [5.41, 5.74) is 3.66. The Kier molecular flexibility index (Phi) is 5.04. The number of hydrogen-bond donors (Lipinski definition) is 2. The van der Waals surface area contributed by atoms with Gasteiger partial charge in [-0.15, -0.1) is 0 Å². The number of aromatic nitrogens is 2. The van der Waals surface area contributed by atoms with Crippen LogP contribution in [0.4, 0.5) is 19.0 Å². The maximum atomic E-state index is 14.5. The minimum absolute atomic E-state index is 0.0231. The fourth-order valence-corrected chi connectivity index (χ4v) is 2.40. The Labute approximate surface area is 156 Å². The third-order valence-corrected chi connectivity index (χ3v) is 3.85. The highest BCUT2D eigenvalue weighted by molar-refractivity contribution is 6.30. The van der Waals surface area contributed by atoms with Gasteiger partial charge in [0.15, 0.2) is 11.6 Å². The molecule has 0 radical (unpaired) electrons. The van der Waals surface area contributed by atoms with Crippen molar-refractivity contribution >= 4 is 34.2 Å². The van der Waals surface area contributed by atoms with Gasteiger partial charge in [0, 0.05) is 17.1 Å². The molecule has 0 unspecified atom stereocenters. The van der Waals surface area contributed by atoms with Gasteiger partial charge in [0.05, 0.1) is 23.8 Å². The first-order valence-corrected chi connectivity index (χ1v) is 7.88. The van der Waals surface area contributed by atoms with Crippen molar-refractivity contribution in [1.82, 2.24) is 15.4 Å². The van der Waals surface area contributed by atoms with E-state index in [-0.39, 0.29) is 5.02 Å². The molecule has 10 heteroatoms. The summed E-state index contributed by atoms with van der Waals surface area (Å²) in [5.74, 6) is -6.55. The van der Waals surface area contributed by atoms with E-state index < -0.39 is 29.0 Å². The van der Waals surface area contributed by atoms with Gasteiger partial charge in [-0.1, -0.05) is 17.7 Å². The van der Waals surface area contributed by atoms with Gasteiger partial charge < -0.3 is 4.74 Å². The van der Waals surface area contributed by atoms with E-state index in [4.69, 9.17) is 16.3 Å². The van der Waals surface area contributed by atoms with Crippen LogP contribution in [0, 0.1) is 5.82 Å². The van der Waals surface area contributed by atoms with Crippen molar-refractivity contribution in [2.45, 2.75) is 5.92 Å². The molecular formula is C17H12ClF3N4O2. The quantitative estimate of drug-likeness (QED) is 0.644. The smallest absolute Gasteiger partial charge is 0.351 e. The number of hydrogen-bond acceptors (Lipinski definition) is 5. The maximum absolute atomic E-state index is 14.5. The Bertz CT molecular complexity index is 1020. The number of anilines is 1. The second kappa shape index (κ2) is 7.28. The highest BCUT2D eigenvalue weighted by Crippen LogP contribution is 2.31. The van der Waals surface area contributed by atoms with Gasteiger partial charge in [0.25, 0.3) is 0 Å². The molecule has 6 nitrogen and oxygen atoms in total. The van der Waals surface area contributed by atoms with Crippen LogP contribution in [0.15, 0.2) is 42.7 Å². The summed E-state index contributed by atoms with van der Waals surface area (Å²) < 4.78 is 47.6. The lowest BCUT2D eigenvalue weighted by molar-refractivity contribution is -0.146. The van der Waals surface area contributed by atoms with E-state index in [1.165, 1.54) is 25.4 Å². The van der Waals surface area contributed by atoms with Crippen molar-refractivity contribution in [3.8, 4) is 5.75 Å². The van der Waals surface area contributed by atoms with Crippen LogP contribution < -0.4 is 15.6 Å². The molecule has 0 aliphatic carbocycles. The lowest BCUT2D eigenvalue weighted by Crippen LogP contribution is -2.41. The summed E-state index contributed by atoms with van der Waals surface area (Å²) in [6.45, 7) is 0. The van der Waals surface area contributed by atoms with Gasteiger partial charge in [-0.25, -0.2) is 9.37 Å². The number of hydrazine groups is 1. The molecule has 0 saturated heterocycles. The number of ether oxygens (including phenoxy) is 1. The Morgan fingerprint density at radius 3 is 2.67 bits per heavy atom. The van der Waals surface area contributed by atoms with Crippen LogP contribution in [-0.4, -0.2) is 23.0 Å². The van der Waals surface area contributed by atoms with E-state index in [1.54, 1.807) is 5.43 Å². The summed E-state index contributed by atoms with van der Waals surface area (Å²) >= 11 is 5.55. The molecular weight excluding hydrogens is 385 g/mol. The number of nitrogens with one attached hydrogen (secondary N) is 2. The zero-order chi connectivity index (χ0) is 19.6. The first kappa shape index (κ1) is 18.7. The monoisotopic (exact) mass is 396 g/mol. The van der Waals surface area contributed by atoms with Gasteiger partial charge in [-0.2, -0.15) is 8.78 Å². The van der Waals surface area contributed by atoms with Crippen molar-refractivity contribution in [1.29, 1.82) is 0 Å². The molecule has 1 aromatic carbocycles. The largest absolute Gasteiger partial charge is 0.495 e. The number of benzene rings is 1. The molecule has 2 aromatic heterocycles. The van der Waals surface area contributed by atoms with E-state index in [2.05, 4.69) is 9.97 Å². The van der Waals surface area contributed by atoms with E-state index >= 15 is 0 Å². The number of carbonyl (C=O) groups is 1. The summed E-state index contributed by atoms with van der Waals surface area (Å²) in [5, 5.41) is 0.396. The Morgan fingerprint density at radius 2 is 1.96 bits per heavy atom. The van der Waals surface area contributed by atoms with Gasteiger partial charge in [-0.3, -0.25) is 20.6 Å². The predicted octanol–water partition coefficient (Wildman–Crippen LogP) is 3.67. The van der Waals surface area contributed by atoms with Gasteiger partial charge in [0.1, 0.15) is 5.75 Å². The summed E-state index contributed by atoms with van der Waals surface area (Å²) in [6, 6.07) is 6.02. The molecule has 0 atom stereocenters. The molecule has 0 spiro atoms. The van der Waals surface area contributed by atoms with Crippen LogP contribution in [0.5, 0.6) is 5.75 Å². The normalized spacial score (nSPS) is 11.3. The third-order valence-electron chi connectivity index (χ3n) is 3.64. The van der Waals surface area contributed by atoms with Gasteiger partial charge in [-0.05, 0) is 24.3 Å². The van der Waals surface area contributed by atoms with Crippen molar-refractivity contribution in [2.24, 2.45) is 0 Å². The van der Waals surface area contributed by atoms with Crippen molar-refractivity contribution < 1.29 is 22.7 Å². The molecule has 1 amide bonds. The van der Waals surface area contributed by atoms with Gasteiger partial charge >= 0.3 is 11.8 Å². The first-order chi connectivity index (χ1) is 12.8. The highest BCUT2D eigenvalue weighted by atomic mass is 35.5. The second-order valence-corrected chi connectivity index (χ2v) is 5.86. The number of pyridine rings is 2. The molecule has 0 aliphatic heterocycles. The van der Waals surface area contributed by atoms with E-state index in [0.717, 1.165) is 24.4 Å². The maximum Gasteiger partial charge on any atom is 0.351 e. The van der Waals surface area contributed by atoms with Crippen LogP contribution >= 0.6 is 11.6 Å². The van der Waals surface area contributed by atoms with Gasteiger partial charge in [0.2, 0.25) is 0 Å². The summed E-state index contributed by atoms with van der Waals surface area (Å²) in [7, 11) is 1.42. The molecule has 140 valence electrons. The van der Waals surface area contributed by atoms with Crippen molar-refractivity contribution in [3.63, 3.8) is 0 Å². The Hall–Kier alpha value is -3.07. The van der Waals surface area contributed by atoms with E-state index in [1.807, 2.05) is 5.43 Å². The molecule has 0 fully saturated rings. The standard InChI is InChI=1S/C17H12ClF3N4O2/c1-27-12-5-9-4-10(2-3-14(9)22-8-12)17(20,21)16(26)25-24-15-13(19)6-11(18)7-23-15/h2-8H,1H3,(H,23,24)(H,25,26). The van der Waals surface area contributed by atoms with E-state index in [0.29, 0.717) is 16.7 Å². The fraction of sp³-hybridized carbons (Fsp3) is 0.118. The third kappa shape index (κ3) is 3.87. The zero-order valence-electron chi connectivity index (χ0n) is 13.8. The van der Waals surface area contributed by atoms with E-state index in [9.17, 15) is 18.0 Å². The molecule has 0 aliphatic rings. The summed E-state index contributed by atoms with van der Waals surface area (Å²) in [4.78, 5) is 19.6. The average Bonchev–Trinajstić information content (AvgIpc) is 2.66. The fourth-order valence-electron chi connectivity index (χ4n) is 2.25. The van der Waals surface area contributed by atoms with Crippen LogP contribution in [0.3, 0.4) is 0 Å². The van der Waals surface area contributed by atoms with Crippen molar-refractivity contribution in [2.75, 3.05) is 12.5 Å². The number of rotatable bonds is 5. The Balaban J connectivity index is 1.81. The minimum Gasteiger partial charge on any atom is -0.495 e. The topological polar surface area (TPSA) is 76.1 Å². The minimum atomic E-state index is -3.90.